The third kappa shape index (κ3) is 4.97. The predicted octanol–water partition coefficient (Wildman–Crippen LogP) is 8.91. The molecule has 0 amide bonds. The molecule has 41 heavy (non-hydrogen) atoms. The SMILES string of the molecule is C(=C1\SC(c2ccccc2)=NN1c1ccccc1)/C1(c2ccccc2)SC(c2ccccc2)=NN1c1ccccc1. The minimum atomic E-state index is -0.662. The first-order chi connectivity index (χ1) is 20.3. The van der Waals surface area contributed by atoms with Crippen molar-refractivity contribution >= 4 is 45.0 Å². The van der Waals surface area contributed by atoms with Crippen molar-refractivity contribution in [2.45, 2.75) is 4.87 Å². The molecule has 6 heteroatoms. The van der Waals surface area contributed by atoms with Crippen molar-refractivity contribution < 1.29 is 0 Å². The van der Waals surface area contributed by atoms with Gasteiger partial charge in [0.25, 0.3) is 0 Å². The molecule has 2 aliphatic rings. The van der Waals surface area contributed by atoms with Gasteiger partial charge in [0.05, 0.1) is 11.4 Å². The van der Waals surface area contributed by atoms with Gasteiger partial charge in [-0.1, -0.05) is 139 Å². The molecule has 7 rings (SSSR count). The van der Waals surface area contributed by atoms with Crippen molar-refractivity contribution in [1.29, 1.82) is 0 Å². The largest absolute Gasteiger partial charge is 0.239 e. The molecule has 5 aromatic carbocycles. The summed E-state index contributed by atoms with van der Waals surface area (Å²) in [6, 6.07) is 52.2. The van der Waals surface area contributed by atoms with Crippen LogP contribution in [0.1, 0.15) is 16.7 Å². The van der Waals surface area contributed by atoms with E-state index in [2.05, 4.69) is 143 Å². The highest BCUT2D eigenvalue weighted by Crippen LogP contribution is 2.52. The highest BCUT2D eigenvalue weighted by atomic mass is 32.2. The highest BCUT2D eigenvalue weighted by molar-refractivity contribution is 8.18. The molecule has 0 bridgehead atoms. The van der Waals surface area contributed by atoms with Crippen LogP contribution < -0.4 is 10.0 Å². The topological polar surface area (TPSA) is 31.2 Å². The Morgan fingerprint density at radius 2 is 1.00 bits per heavy atom. The van der Waals surface area contributed by atoms with Crippen LogP contribution in [-0.2, 0) is 4.87 Å². The van der Waals surface area contributed by atoms with E-state index in [9.17, 15) is 0 Å². The quantitative estimate of drug-likeness (QED) is 0.205. The highest BCUT2D eigenvalue weighted by Gasteiger charge is 2.46. The van der Waals surface area contributed by atoms with E-state index in [-0.39, 0.29) is 0 Å². The van der Waals surface area contributed by atoms with Gasteiger partial charge < -0.3 is 0 Å². The summed E-state index contributed by atoms with van der Waals surface area (Å²) in [7, 11) is 0. The summed E-state index contributed by atoms with van der Waals surface area (Å²) in [5.41, 5.74) is 5.35. The number of hydrogen-bond acceptors (Lipinski definition) is 6. The van der Waals surface area contributed by atoms with Gasteiger partial charge in [0.15, 0.2) is 4.87 Å². The molecule has 2 heterocycles. The lowest BCUT2D eigenvalue weighted by Gasteiger charge is -2.35. The second kappa shape index (κ2) is 11.2. The van der Waals surface area contributed by atoms with Crippen LogP contribution in [0.5, 0.6) is 0 Å². The van der Waals surface area contributed by atoms with Gasteiger partial charge >= 0.3 is 0 Å². The van der Waals surface area contributed by atoms with Crippen molar-refractivity contribution in [3.05, 3.63) is 179 Å². The third-order valence-corrected chi connectivity index (χ3v) is 9.27. The average Bonchev–Trinajstić information content (AvgIpc) is 3.66. The molecule has 0 saturated heterocycles. The number of benzene rings is 5. The Bertz CT molecular complexity index is 1720. The van der Waals surface area contributed by atoms with Crippen molar-refractivity contribution in [3.63, 3.8) is 0 Å². The molecule has 1 atom stereocenters. The zero-order valence-electron chi connectivity index (χ0n) is 22.1. The van der Waals surface area contributed by atoms with Crippen LogP contribution in [-0.4, -0.2) is 10.1 Å². The Balaban J connectivity index is 1.42. The zero-order chi connectivity index (χ0) is 27.5. The molecule has 5 aromatic rings. The van der Waals surface area contributed by atoms with Crippen LogP contribution in [0.25, 0.3) is 0 Å². The first-order valence-electron chi connectivity index (χ1n) is 13.4. The van der Waals surface area contributed by atoms with Crippen molar-refractivity contribution in [2.75, 3.05) is 10.0 Å². The zero-order valence-corrected chi connectivity index (χ0v) is 23.7. The van der Waals surface area contributed by atoms with E-state index in [1.807, 2.05) is 24.3 Å². The van der Waals surface area contributed by atoms with E-state index in [1.54, 1.807) is 23.5 Å². The first kappa shape index (κ1) is 25.4. The minimum Gasteiger partial charge on any atom is -0.239 e. The maximum atomic E-state index is 5.28. The van der Waals surface area contributed by atoms with Gasteiger partial charge in [0, 0.05) is 11.1 Å². The van der Waals surface area contributed by atoms with Gasteiger partial charge in [-0.15, -0.1) is 0 Å². The lowest BCUT2D eigenvalue weighted by molar-refractivity contribution is 0.713. The normalized spacial score (nSPS) is 19.4. The van der Waals surface area contributed by atoms with Gasteiger partial charge in [0.2, 0.25) is 0 Å². The monoisotopic (exact) mass is 566 g/mol. The number of hydrogen-bond donors (Lipinski definition) is 0. The Morgan fingerprint density at radius 3 is 1.59 bits per heavy atom. The van der Waals surface area contributed by atoms with Gasteiger partial charge in [-0.3, -0.25) is 0 Å². The fourth-order valence-corrected chi connectivity index (χ4v) is 7.38. The van der Waals surface area contributed by atoms with Crippen LogP contribution in [0.3, 0.4) is 0 Å². The van der Waals surface area contributed by atoms with E-state index in [0.29, 0.717) is 0 Å². The molecular weight excluding hydrogens is 541 g/mol. The van der Waals surface area contributed by atoms with E-state index in [0.717, 1.165) is 43.2 Å². The Kier molecular flexibility index (Phi) is 6.93. The molecule has 0 aromatic heterocycles. The summed E-state index contributed by atoms with van der Waals surface area (Å²) in [5, 5.41) is 17.6. The molecule has 0 aliphatic carbocycles. The second-order valence-corrected chi connectivity index (χ2v) is 11.8. The third-order valence-electron chi connectivity index (χ3n) is 6.91. The number of thioether (sulfide) groups is 2. The van der Waals surface area contributed by atoms with Gasteiger partial charge in [0.1, 0.15) is 15.1 Å². The minimum absolute atomic E-state index is 0.662. The summed E-state index contributed by atoms with van der Waals surface area (Å²) in [4.78, 5) is -0.662. The molecule has 1 unspecified atom stereocenters. The summed E-state index contributed by atoms with van der Waals surface area (Å²) in [6.07, 6.45) is 2.33. The molecule has 0 radical (unpaired) electrons. The maximum absolute atomic E-state index is 5.28. The van der Waals surface area contributed by atoms with Crippen LogP contribution in [0.15, 0.2) is 173 Å². The smallest absolute Gasteiger partial charge is 0.160 e. The molecule has 0 fully saturated rings. The Hall–Kier alpha value is -4.52. The fourth-order valence-electron chi connectivity index (χ4n) is 4.94. The number of hydrazone groups is 2. The molecule has 0 saturated carbocycles. The number of nitrogens with zero attached hydrogens (tertiary/aromatic N) is 4. The predicted molar refractivity (Wildman–Crippen MR) is 175 cm³/mol. The lowest BCUT2D eigenvalue weighted by atomic mass is 10.0. The summed E-state index contributed by atoms with van der Waals surface area (Å²) >= 11 is 3.44. The average molecular weight is 567 g/mol. The van der Waals surface area contributed by atoms with Crippen molar-refractivity contribution in [3.8, 4) is 0 Å². The molecular formula is C35H26N4S2. The number of rotatable bonds is 6. The first-order valence-corrected chi connectivity index (χ1v) is 15.1. The van der Waals surface area contributed by atoms with Crippen LogP contribution in [0.2, 0.25) is 0 Å². The number of para-hydroxylation sites is 2. The molecule has 2 aliphatic heterocycles. The van der Waals surface area contributed by atoms with Crippen molar-refractivity contribution in [1.82, 2.24) is 0 Å². The molecule has 198 valence electrons. The van der Waals surface area contributed by atoms with Gasteiger partial charge in [-0.2, -0.15) is 10.2 Å². The fraction of sp³-hybridized carbons (Fsp3) is 0.0286. The summed E-state index contributed by atoms with van der Waals surface area (Å²) in [5.74, 6) is 0. The number of anilines is 2. The van der Waals surface area contributed by atoms with Crippen molar-refractivity contribution in [2.24, 2.45) is 10.2 Å². The molecule has 0 spiro atoms. The maximum Gasteiger partial charge on any atom is 0.160 e. The van der Waals surface area contributed by atoms with E-state index in [4.69, 9.17) is 10.2 Å². The van der Waals surface area contributed by atoms with Crippen LogP contribution >= 0.6 is 23.5 Å². The summed E-state index contributed by atoms with van der Waals surface area (Å²) < 4.78 is 0. The van der Waals surface area contributed by atoms with Crippen LogP contribution in [0, 0.1) is 0 Å². The second-order valence-electron chi connectivity index (χ2n) is 9.59. The standard InChI is InChI=1S/C35H26N4S2/c1-6-16-27(17-7-1)33-36-38(30-22-12-4-13-23-30)32(40-33)26-35(29-20-10-3-11-21-29)39(31-24-14-5-15-25-31)37-34(41-35)28-18-8-2-9-19-28/h1-26H/b32-26+. The van der Waals surface area contributed by atoms with Gasteiger partial charge in [-0.25, -0.2) is 10.0 Å². The van der Waals surface area contributed by atoms with Crippen LogP contribution in [0.4, 0.5) is 11.4 Å². The van der Waals surface area contributed by atoms with E-state index in [1.165, 1.54) is 0 Å². The van der Waals surface area contributed by atoms with Gasteiger partial charge in [-0.05, 0) is 47.7 Å². The molecule has 0 N–H and O–H groups in total. The molecule has 4 nitrogen and oxygen atoms in total. The Labute approximate surface area is 248 Å². The van der Waals surface area contributed by atoms with E-state index >= 15 is 0 Å². The lowest BCUT2D eigenvalue weighted by Crippen LogP contribution is -2.36. The van der Waals surface area contributed by atoms with E-state index < -0.39 is 4.87 Å². The summed E-state index contributed by atoms with van der Waals surface area (Å²) in [6.45, 7) is 0. The Morgan fingerprint density at radius 1 is 0.512 bits per heavy atom.